The summed E-state index contributed by atoms with van der Waals surface area (Å²) in [5.74, 6) is -2.32. The largest absolute Gasteiger partial charge is 0.480 e. The minimum absolute atomic E-state index is 0.105. The third kappa shape index (κ3) is 3.47. The molecule has 0 bridgehead atoms. The molecule has 20 heavy (non-hydrogen) atoms. The lowest BCUT2D eigenvalue weighted by molar-refractivity contribution is -0.141. The Balaban J connectivity index is 2.25. The van der Waals surface area contributed by atoms with E-state index in [1.165, 1.54) is 0 Å². The smallest absolute Gasteiger partial charge is 0.419 e. The number of alkyl halides is 3. The highest BCUT2D eigenvalue weighted by atomic mass is 19.4. The van der Waals surface area contributed by atoms with Gasteiger partial charge in [0.25, 0.3) is 0 Å². The van der Waals surface area contributed by atoms with Gasteiger partial charge in [-0.25, -0.2) is 4.39 Å². The molecule has 0 aromatic heterocycles. The standard InChI is InChI=1S/C13H13F4NO2/c14-10-4-3-8(5-9(10)13(15,16)17)11(12(19)20)18-6-7-1-2-7/h3-5,7,11,18H,1-2,6H2,(H,19,20). The van der Waals surface area contributed by atoms with E-state index in [1.54, 1.807) is 0 Å². The van der Waals surface area contributed by atoms with Gasteiger partial charge >= 0.3 is 12.1 Å². The quantitative estimate of drug-likeness (QED) is 0.820. The molecule has 0 radical (unpaired) electrons. The van der Waals surface area contributed by atoms with Gasteiger partial charge in [0, 0.05) is 0 Å². The minimum Gasteiger partial charge on any atom is -0.480 e. The predicted octanol–water partition coefficient (Wildman–Crippen LogP) is 2.97. The van der Waals surface area contributed by atoms with Crippen LogP contribution in [0.5, 0.6) is 0 Å². The molecule has 1 aliphatic rings. The van der Waals surface area contributed by atoms with Crippen LogP contribution in [0.4, 0.5) is 17.6 Å². The molecule has 0 saturated heterocycles. The van der Waals surface area contributed by atoms with Crippen LogP contribution < -0.4 is 5.32 Å². The van der Waals surface area contributed by atoms with E-state index in [1.807, 2.05) is 0 Å². The third-order valence-electron chi connectivity index (χ3n) is 3.18. The number of hydrogen-bond acceptors (Lipinski definition) is 2. The summed E-state index contributed by atoms with van der Waals surface area (Å²) in [7, 11) is 0. The molecule has 110 valence electrons. The molecule has 2 rings (SSSR count). The van der Waals surface area contributed by atoms with Crippen LogP contribution in [0.1, 0.15) is 30.0 Å². The second-order valence-electron chi connectivity index (χ2n) is 4.86. The number of nitrogens with one attached hydrogen (secondary N) is 1. The summed E-state index contributed by atoms with van der Waals surface area (Å²) in [5.41, 5.74) is -1.55. The minimum atomic E-state index is -4.85. The summed E-state index contributed by atoms with van der Waals surface area (Å²) in [4.78, 5) is 11.1. The highest BCUT2D eigenvalue weighted by Gasteiger charge is 2.35. The molecular weight excluding hydrogens is 278 g/mol. The number of benzene rings is 1. The van der Waals surface area contributed by atoms with Crippen LogP contribution >= 0.6 is 0 Å². The van der Waals surface area contributed by atoms with E-state index < -0.39 is 29.6 Å². The highest BCUT2D eigenvalue weighted by Crippen LogP contribution is 2.33. The van der Waals surface area contributed by atoms with Gasteiger partial charge in [-0.1, -0.05) is 6.07 Å². The predicted molar refractivity (Wildman–Crippen MR) is 62.5 cm³/mol. The fourth-order valence-corrected chi connectivity index (χ4v) is 1.89. The van der Waals surface area contributed by atoms with Crippen molar-refractivity contribution in [3.8, 4) is 0 Å². The van der Waals surface area contributed by atoms with Gasteiger partial charge < -0.3 is 10.4 Å². The van der Waals surface area contributed by atoms with Crippen molar-refractivity contribution >= 4 is 5.97 Å². The van der Waals surface area contributed by atoms with Gasteiger partial charge in [-0.05, 0) is 43.0 Å². The van der Waals surface area contributed by atoms with E-state index >= 15 is 0 Å². The fraction of sp³-hybridized carbons (Fsp3) is 0.462. The molecular formula is C13H13F4NO2. The molecule has 1 unspecified atom stereocenters. The number of carboxylic acid groups (broad SMARTS) is 1. The average molecular weight is 291 g/mol. The molecule has 1 aromatic rings. The molecule has 1 aliphatic carbocycles. The number of carboxylic acids is 1. The lowest BCUT2D eigenvalue weighted by atomic mass is 10.0. The summed E-state index contributed by atoms with van der Waals surface area (Å²) < 4.78 is 51.0. The Bertz CT molecular complexity index is 512. The number of halogens is 4. The lowest BCUT2D eigenvalue weighted by Gasteiger charge is -2.17. The highest BCUT2D eigenvalue weighted by molar-refractivity contribution is 5.75. The van der Waals surface area contributed by atoms with E-state index in [0.717, 1.165) is 18.9 Å². The van der Waals surface area contributed by atoms with Crippen LogP contribution in [0.25, 0.3) is 0 Å². The van der Waals surface area contributed by atoms with Crippen molar-refractivity contribution in [2.45, 2.75) is 25.1 Å². The Hall–Kier alpha value is -1.63. The molecule has 0 amide bonds. The SMILES string of the molecule is O=C(O)C(NCC1CC1)c1ccc(F)c(C(F)(F)F)c1. The second-order valence-corrected chi connectivity index (χ2v) is 4.86. The fourth-order valence-electron chi connectivity index (χ4n) is 1.89. The van der Waals surface area contributed by atoms with Crippen LogP contribution in [-0.2, 0) is 11.0 Å². The average Bonchev–Trinajstić information content (AvgIpc) is 3.13. The molecule has 2 N–H and O–H groups in total. The number of aliphatic carboxylic acids is 1. The summed E-state index contributed by atoms with van der Waals surface area (Å²) in [6, 6.07) is 0.988. The number of rotatable bonds is 5. The van der Waals surface area contributed by atoms with Gasteiger partial charge in [-0.3, -0.25) is 4.79 Å². The molecule has 0 heterocycles. The van der Waals surface area contributed by atoms with E-state index in [2.05, 4.69) is 5.32 Å². The van der Waals surface area contributed by atoms with Gasteiger partial charge in [0.05, 0.1) is 5.56 Å². The molecule has 0 spiro atoms. The molecule has 1 fully saturated rings. The topological polar surface area (TPSA) is 49.3 Å². The van der Waals surface area contributed by atoms with Crippen LogP contribution in [0.3, 0.4) is 0 Å². The summed E-state index contributed by atoms with van der Waals surface area (Å²) in [6.07, 6.45) is -2.88. The Morgan fingerprint density at radius 1 is 1.40 bits per heavy atom. The molecule has 1 aromatic carbocycles. The van der Waals surface area contributed by atoms with Gasteiger partial charge in [-0.15, -0.1) is 0 Å². The Morgan fingerprint density at radius 3 is 2.55 bits per heavy atom. The monoisotopic (exact) mass is 291 g/mol. The first kappa shape index (κ1) is 14.8. The number of carbonyl (C=O) groups is 1. The van der Waals surface area contributed by atoms with E-state index in [4.69, 9.17) is 5.11 Å². The van der Waals surface area contributed by atoms with E-state index in [0.29, 0.717) is 24.6 Å². The summed E-state index contributed by atoms with van der Waals surface area (Å²) in [5, 5.41) is 11.8. The maximum absolute atomic E-state index is 13.2. The zero-order chi connectivity index (χ0) is 14.9. The first-order valence-corrected chi connectivity index (χ1v) is 6.12. The van der Waals surface area contributed by atoms with Crippen LogP contribution in [0.2, 0.25) is 0 Å². The third-order valence-corrected chi connectivity index (χ3v) is 3.18. The van der Waals surface area contributed by atoms with Crippen molar-refractivity contribution in [1.29, 1.82) is 0 Å². The second kappa shape index (κ2) is 5.40. The van der Waals surface area contributed by atoms with Crippen molar-refractivity contribution in [3.63, 3.8) is 0 Å². The zero-order valence-electron chi connectivity index (χ0n) is 10.4. The van der Waals surface area contributed by atoms with Crippen molar-refractivity contribution in [2.24, 2.45) is 5.92 Å². The molecule has 0 aliphatic heterocycles. The van der Waals surface area contributed by atoms with Crippen LogP contribution in [-0.4, -0.2) is 17.6 Å². The Labute approximate surface area is 112 Å². The Kier molecular flexibility index (Phi) is 3.99. The van der Waals surface area contributed by atoms with Crippen molar-refractivity contribution in [1.82, 2.24) is 5.32 Å². The maximum atomic E-state index is 13.2. The normalized spacial score (nSPS) is 17.0. The first-order valence-electron chi connectivity index (χ1n) is 6.12. The van der Waals surface area contributed by atoms with Gasteiger partial charge in [0.15, 0.2) is 0 Å². The van der Waals surface area contributed by atoms with Crippen LogP contribution in [0, 0.1) is 11.7 Å². The van der Waals surface area contributed by atoms with E-state index in [9.17, 15) is 22.4 Å². The molecule has 1 saturated carbocycles. The zero-order valence-corrected chi connectivity index (χ0v) is 10.4. The van der Waals surface area contributed by atoms with Gasteiger partial charge in [0.1, 0.15) is 11.9 Å². The number of hydrogen-bond donors (Lipinski definition) is 2. The van der Waals surface area contributed by atoms with Gasteiger partial charge in [-0.2, -0.15) is 13.2 Å². The maximum Gasteiger partial charge on any atom is 0.419 e. The van der Waals surface area contributed by atoms with E-state index in [-0.39, 0.29) is 5.56 Å². The van der Waals surface area contributed by atoms with Gasteiger partial charge in [0.2, 0.25) is 0 Å². The first-order chi connectivity index (χ1) is 9.29. The van der Waals surface area contributed by atoms with Crippen molar-refractivity contribution < 1.29 is 27.5 Å². The lowest BCUT2D eigenvalue weighted by Crippen LogP contribution is -2.30. The molecule has 1 atom stereocenters. The summed E-state index contributed by atoms with van der Waals surface area (Å²) in [6.45, 7) is 0.426. The van der Waals surface area contributed by atoms with Crippen molar-refractivity contribution in [2.75, 3.05) is 6.54 Å². The van der Waals surface area contributed by atoms with Crippen molar-refractivity contribution in [3.05, 3.63) is 35.1 Å². The summed E-state index contributed by atoms with van der Waals surface area (Å²) >= 11 is 0. The van der Waals surface area contributed by atoms with Crippen LogP contribution in [0.15, 0.2) is 18.2 Å². The molecule has 7 heteroatoms. The molecule has 3 nitrogen and oxygen atoms in total. The Morgan fingerprint density at radius 2 is 2.05 bits per heavy atom.